The van der Waals surface area contributed by atoms with E-state index in [1.807, 2.05) is 54.6 Å². The van der Waals surface area contributed by atoms with Crippen LogP contribution in [-0.2, 0) is 33.7 Å². The summed E-state index contributed by atoms with van der Waals surface area (Å²) >= 11 is 0. The quantitative estimate of drug-likeness (QED) is 0.220. The van der Waals surface area contributed by atoms with Gasteiger partial charge in [-0.3, -0.25) is 9.69 Å². The molecule has 0 saturated heterocycles. The molecule has 0 saturated carbocycles. The highest BCUT2D eigenvalue weighted by atomic mass is 19.2. The zero-order chi connectivity index (χ0) is 33.0. The summed E-state index contributed by atoms with van der Waals surface area (Å²) in [5.41, 5.74) is 3.27. The molecule has 2 amide bonds. The van der Waals surface area contributed by atoms with Crippen molar-refractivity contribution in [1.29, 1.82) is 0 Å². The number of carbonyl (C=O) groups excluding carboxylic acids is 2. The largest absolute Gasteiger partial charge is 0.480 e. The minimum absolute atomic E-state index is 0.0317. The van der Waals surface area contributed by atoms with Crippen molar-refractivity contribution in [1.82, 2.24) is 10.2 Å². The highest BCUT2D eigenvalue weighted by Gasteiger charge is 2.38. The van der Waals surface area contributed by atoms with Gasteiger partial charge in [-0.05, 0) is 72.9 Å². The molecule has 1 aliphatic rings. The van der Waals surface area contributed by atoms with Crippen LogP contribution in [-0.4, -0.2) is 45.7 Å². The summed E-state index contributed by atoms with van der Waals surface area (Å²) in [4.78, 5) is 40.6. The van der Waals surface area contributed by atoms with Crippen LogP contribution in [0.25, 0.3) is 11.1 Å². The Morgan fingerprint density at radius 2 is 1.52 bits per heavy atom. The zero-order valence-electron chi connectivity index (χ0n) is 25.6. The summed E-state index contributed by atoms with van der Waals surface area (Å²) in [6.07, 6.45) is -0.616. The Hall–Kier alpha value is -5.25. The smallest absolute Gasteiger partial charge is 0.411 e. The number of hydrogen-bond donors (Lipinski definition) is 2. The van der Waals surface area contributed by atoms with Crippen molar-refractivity contribution in [2.24, 2.45) is 0 Å². The molecule has 8 nitrogen and oxygen atoms in total. The monoisotopic (exact) mass is 628 g/mol. The Balaban J connectivity index is 1.35. The van der Waals surface area contributed by atoms with E-state index in [0.717, 1.165) is 34.4 Å². The van der Waals surface area contributed by atoms with E-state index in [9.17, 15) is 28.3 Å². The van der Waals surface area contributed by atoms with Crippen molar-refractivity contribution >= 4 is 18.0 Å². The van der Waals surface area contributed by atoms with Crippen LogP contribution in [0.4, 0.5) is 13.6 Å². The number of nitrogens with zero attached hydrogens (tertiary/aromatic N) is 1. The molecule has 238 valence electrons. The molecule has 1 unspecified atom stereocenters. The first-order valence-electron chi connectivity index (χ1n) is 14.8. The molecular weight excluding hydrogens is 594 g/mol. The predicted molar refractivity (Wildman–Crippen MR) is 167 cm³/mol. The number of nitrogens with one attached hydrogen (secondary N) is 1. The molecule has 46 heavy (non-hydrogen) atoms. The first kappa shape index (κ1) is 32.2. The Morgan fingerprint density at radius 3 is 2.17 bits per heavy atom. The minimum atomic E-state index is -1.25. The maximum absolute atomic E-state index is 13.7. The van der Waals surface area contributed by atoms with E-state index in [-0.39, 0.29) is 25.1 Å². The van der Waals surface area contributed by atoms with Gasteiger partial charge in [-0.15, -0.1) is 0 Å². The maximum Gasteiger partial charge on any atom is 0.411 e. The number of rotatable bonds is 8. The van der Waals surface area contributed by atoms with Gasteiger partial charge in [0.1, 0.15) is 29.2 Å². The third-order valence-electron chi connectivity index (χ3n) is 7.48. The third kappa shape index (κ3) is 7.87. The Morgan fingerprint density at radius 1 is 0.870 bits per heavy atom. The van der Waals surface area contributed by atoms with Crippen LogP contribution in [0.2, 0.25) is 0 Å². The van der Waals surface area contributed by atoms with Crippen LogP contribution in [0.15, 0.2) is 91.0 Å². The van der Waals surface area contributed by atoms with E-state index in [1.54, 1.807) is 39.0 Å². The van der Waals surface area contributed by atoms with E-state index in [1.165, 1.54) is 11.0 Å². The molecule has 0 bridgehead atoms. The molecule has 0 spiro atoms. The fourth-order valence-electron chi connectivity index (χ4n) is 5.21. The fraction of sp³-hybridized carbons (Fsp3) is 0.250. The summed E-state index contributed by atoms with van der Waals surface area (Å²) in [5, 5.41) is 12.6. The van der Waals surface area contributed by atoms with Gasteiger partial charge in [0.25, 0.3) is 0 Å². The molecule has 1 aliphatic heterocycles. The van der Waals surface area contributed by atoms with Gasteiger partial charge in [-0.2, -0.15) is 0 Å². The van der Waals surface area contributed by atoms with Crippen LogP contribution in [0.5, 0.6) is 11.5 Å². The molecule has 2 atom stereocenters. The highest BCUT2D eigenvalue weighted by Crippen LogP contribution is 2.31. The van der Waals surface area contributed by atoms with Gasteiger partial charge in [0, 0.05) is 18.9 Å². The average Bonchev–Trinajstić information content (AvgIpc) is 3.01. The van der Waals surface area contributed by atoms with Crippen LogP contribution < -0.4 is 10.1 Å². The lowest BCUT2D eigenvalue weighted by atomic mass is 9.93. The average molecular weight is 629 g/mol. The maximum atomic E-state index is 13.7. The van der Waals surface area contributed by atoms with Gasteiger partial charge < -0.3 is 19.9 Å². The van der Waals surface area contributed by atoms with Gasteiger partial charge in [0.15, 0.2) is 11.6 Å². The Bertz CT molecular complexity index is 1740. The second-order valence-electron chi connectivity index (χ2n) is 12.1. The Labute approximate surface area is 265 Å². The summed E-state index contributed by atoms with van der Waals surface area (Å²) in [7, 11) is 0. The minimum Gasteiger partial charge on any atom is -0.480 e. The topological polar surface area (TPSA) is 105 Å². The number of carboxylic acid groups (broad SMARTS) is 1. The van der Waals surface area contributed by atoms with Gasteiger partial charge in [-0.25, -0.2) is 18.4 Å². The van der Waals surface area contributed by atoms with Crippen molar-refractivity contribution in [3.8, 4) is 22.6 Å². The molecule has 0 fully saturated rings. The number of carbonyl (C=O) groups is 3. The molecule has 0 aromatic heterocycles. The van der Waals surface area contributed by atoms with Crippen molar-refractivity contribution < 1.29 is 37.7 Å². The van der Waals surface area contributed by atoms with Crippen LogP contribution >= 0.6 is 0 Å². The van der Waals surface area contributed by atoms with E-state index in [0.29, 0.717) is 11.3 Å². The number of hydrogen-bond acceptors (Lipinski definition) is 5. The molecule has 0 aliphatic carbocycles. The lowest BCUT2D eigenvalue weighted by Crippen LogP contribution is -2.56. The lowest BCUT2D eigenvalue weighted by Gasteiger charge is -2.37. The van der Waals surface area contributed by atoms with Gasteiger partial charge in [0.05, 0.1) is 6.54 Å². The molecule has 10 heteroatoms. The first-order chi connectivity index (χ1) is 21.9. The van der Waals surface area contributed by atoms with Gasteiger partial charge in [0.2, 0.25) is 5.91 Å². The zero-order valence-corrected chi connectivity index (χ0v) is 25.6. The third-order valence-corrected chi connectivity index (χ3v) is 7.48. The molecule has 5 rings (SSSR count). The lowest BCUT2D eigenvalue weighted by molar-refractivity contribution is -0.142. The number of halogens is 2. The van der Waals surface area contributed by atoms with E-state index in [4.69, 9.17) is 9.47 Å². The van der Waals surface area contributed by atoms with Crippen molar-refractivity contribution in [2.75, 3.05) is 0 Å². The molecular formula is C36H34F2N2O6. The standard InChI is InChI=1S/C36H34F2N2O6/c1-36(2,3)46-35(44)40-21-26-18-27(45-28-15-16-29(37)30(38)20-28)14-13-25(26)19-32(40)33(41)39-31(34(42)43)17-22-9-11-24(12-10-22)23-7-5-4-6-8-23/h4-16,18,20,31-32H,17,19,21H2,1-3H3,(H,39,41)(H,42,43)/t31-,32?/m0/s1. The van der Waals surface area contributed by atoms with Crippen LogP contribution in [0, 0.1) is 11.6 Å². The number of benzene rings is 4. The van der Waals surface area contributed by atoms with Crippen LogP contribution in [0.1, 0.15) is 37.5 Å². The van der Waals surface area contributed by atoms with E-state index in [2.05, 4.69) is 5.32 Å². The SMILES string of the molecule is CC(C)(C)OC(=O)N1Cc2cc(Oc3ccc(F)c(F)c3)ccc2CC1C(=O)N[C@@H](Cc1ccc(-c2ccccc2)cc1)C(=O)O. The second-order valence-corrected chi connectivity index (χ2v) is 12.1. The van der Waals surface area contributed by atoms with Crippen molar-refractivity contribution in [2.45, 2.75) is 57.8 Å². The fourth-order valence-corrected chi connectivity index (χ4v) is 5.21. The molecule has 2 N–H and O–H groups in total. The summed E-state index contributed by atoms with van der Waals surface area (Å²) < 4.78 is 38.4. The normalized spacial score (nSPS) is 15.0. The molecule has 4 aromatic rings. The second kappa shape index (κ2) is 13.4. The van der Waals surface area contributed by atoms with Gasteiger partial charge >= 0.3 is 12.1 Å². The Kier molecular flexibility index (Phi) is 9.36. The first-order valence-corrected chi connectivity index (χ1v) is 14.8. The summed E-state index contributed by atoms with van der Waals surface area (Å²) in [6, 6.07) is 23.1. The van der Waals surface area contributed by atoms with Crippen LogP contribution in [0.3, 0.4) is 0 Å². The van der Waals surface area contributed by atoms with E-state index < -0.39 is 47.3 Å². The number of aliphatic carboxylic acids is 1. The van der Waals surface area contributed by atoms with Crippen molar-refractivity contribution in [3.63, 3.8) is 0 Å². The summed E-state index contributed by atoms with van der Waals surface area (Å²) in [5.74, 6) is -3.48. The number of carboxylic acids is 1. The number of fused-ring (bicyclic) bond motifs is 1. The van der Waals surface area contributed by atoms with Gasteiger partial charge in [-0.1, -0.05) is 60.7 Å². The van der Waals surface area contributed by atoms with E-state index >= 15 is 0 Å². The molecule has 4 aromatic carbocycles. The van der Waals surface area contributed by atoms with Crippen molar-refractivity contribution in [3.05, 3.63) is 119 Å². The molecule has 0 radical (unpaired) electrons. The predicted octanol–water partition coefficient (Wildman–Crippen LogP) is 6.90. The molecule has 1 heterocycles. The number of ether oxygens (including phenoxy) is 2. The number of amides is 2. The summed E-state index contributed by atoms with van der Waals surface area (Å²) in [6.45, 7) is 5.08. The highest BCUT2D eigenvalue weighted by molar-refractivity contribution is 5.90.